The summed E-state index contributed by atoms with van der Waals surface area (Å²) in [4.78, 5) is 20.1. The van der Waals surface area contributed by atoms with Crippen molar-refractivity contribution >= 4 is 24.2 Å². The number of ether oxygens (including phenoxy) is 1. The van der Waals surface area contributed by atoms with Crippen LogP contribution in [-0.4, -0.2) is 31.8 Å². The summed E-state index contributed by atoms with van der Waals surface area (Å²) in [5.74, 6) is -0.0690. The van der Waals surface area contributed by atoms with E-state index in [4.69, 9.17) is 16.2 Å². The Balaban J connectivity index is 2.40. The molecule has 0 aromatic heterocycles. The van der Waals surface area contributed by atoms with Crippen molar-refractivity contribution in [1.82, 2.24) is 0 Å². The summed E-state index contributed by atoms with van der Waals surface area (Å²) >= 11 is 0. The number of amides is 1. The lowest BCUT2D eigenvalue weighted by atomic mass is 10.1. The number of aliphatic imine (C=N–C) groups is 1. The highest BCUT2D eigenvalue weighted by molar-refractivity contribution is 6.04. The van der Waals surface area contributed by atoms with Gasteiger partial charge >= 0.3 is 0 Å². The predicted molar refractivity (Wildman–Crippen MR) is 80.0 cm³/mol. The Morgan fingerprint density at radius 3 is 2.95 bits per heavy atom. The number of benzene rings is 1. The van der Waals surface area contributed by atoms with Crippen LogP contribution >= 0.6 is 0 Å². The molecule has 0 unspecified atom stereocenters. The van der Waals surface area contributed by atoms with Crippen molar-refractivity contribution in [2.24, 2.45) is 21.6 Å². The number of carbonyl (C=O) groups is 1. The minimum atomic E-state index is -0.456. The molecule has 1 heterocycles. The number of nitrogens with two attached hydrogens (primary N) is 2. The van der Waals surface area contributed by atoms with Gasteiger partial charge in [0.25, 0.3) is 5.91 Å². The lowest BCUT2D eigenvalue weighted by Crippen LogP contribution is -2.24. The van der Waals surface area contributed by atoms with Gasteiger partial charge in [0, 0.05) is 23.1 Å². The molecule has 1 aliphatic rings. The van der Waals surface area contributed by atoms with Crippen LogP contribution in [0, 0.1) is 0 Å². The summed E-state index contributed by atoms with van der Waals surface area (Å²) < 4.78 is 5.70. The van der Waals surface area contributed by atoms with Gasteiger partial charge in [0.2, 0.25) is 0 Å². The minimum absolute atomic E-state index is 0.257. The Morgan fingerprint density at radius 1 is 1.43 bits per heavy atom. The molecule has 0 fully saturated rings. The quantitative estimate of drug-likeness (QED) is 0.481. The standard InChI is InChI=1S/C14H16N4O3/c1-20-17-8-11-4-2-3-9-7-10(5-6-21-12(9)11)13(19)18-14(15)16/h2-4,7-8H,5-6H2,1H3,(H4,15,16,18,19)/b17-8+. The number of rotatable bonds is 3. The molecular weight excluding hydrogens is 272 g/mol. The number of carbonyl (C=O) groups excluding carboxylic acids is 1. The third kappa shape index (κ3) is 3.59. The topological polar surface area (TPSA) is 112 Å². The van der Waals surface area contributed by atoms with E-state index in [0.29, 0.717) is 24.4 Å². The first-order valence-electron chi connectivity index (χ1n) is 6.28. The summed E-state index contributed by atoms with van der Waals surface area (Å²) in [5.41, 5.74) is 12.5. The normalized spacial score (nSPS) is 13.7. The molecule has 0 atom stereocenters. The molecule has 0 saturated carbocycles. The van der Waals surface area contributed by atoms with Crippen LogP contribution in [0.4, 0.5) is 0 Å². The van der Waals surface area contributed by atoms with Gasteiger partial charge in [0.15, 0.2) is 5.96 Å². The number of oxime groups is 1. The fraction of sp³-hybridized carbons (Fsp3) is 0.214. The van der Waals surface area contributed by atoms with E-state index in [1.165, 1.54) is 7.11 Å². The highest BCUT2D eigenvalue weighted by Crippen LogP contribution is 2.29. The molecule has 0 aliphatic carbocycles. The molecule has 2 rings (SSSR count). The van der Waals surface area contributed by atoms with Crippen molar-refractivity contribution < 1.29 is 14.4 Å². The summed E-state index contributed by atoms with van der Waals surface area (Å²) in [5, 5.41) is 3.73. The van der Waals surface area contributed by atoms with Gasteiger partial charge < -0.3 is 21.0 Å². The Hall–Kier alpha value is -2.83. The summed E-state index contributed by atoms with van der Waals surface area (Å²) in [6, 6.07) is 5.52. The van der Waals surface area contributed by atoms with Crippen LogP contribution in [0.2, 0.25) is 0 Å². The van der Waals surface area contributed by atoms with Crippen LogP contribution < -0.4 is 16.2 Å². The highest BCUT2D eigenvalue weighted by atomic mass is 16.6. The molecule has 0 saturated heterocycles. The van der Waals surface area contributed by atoms with Crippen LogP contribution in [-0.2, 0) is 9.63 Å². The van der Waals surface area contributed by atoms with E-state index in [-0.39, 0.29) is 5.96 Å². The number of guanidine groups is 1. The summed E-state index contributed by atoms with van der Waals surface area (Å²) in [6.45, 7) is 0.350. The van der Waals surface area contributed by atoms with Gasteiger partial charge in [-0.2, -0.15) is 4.99 Å². The van der Waals surface area contributed by atoms with Crippen LogP contribution in [0.15, 0.2) is 33.9 Å². The van der Waals surface area contributed by atoms with Crippen LogP contribution in [0.25, 0.3) is 6.08 Å². The highest BCUT2D eigenvalue weighted by Gasteiger charge is 2.17. The molecule has 4 N–H and O–H groups in total. The van der Waals surface area contributed by atoms with E-state index < -0.39 is 5.91 Å². The van der Waals surface area contributed by atoms with Gasteiger partial charge in [-0.05, 0) is 12.1 Å². The summed E-state index contributed by atoms with van der Waals surface area (Å²) in [6.07, 6.45) is 3.70. The molecule has 21 heavy (non-hydrogen) atoms. The van der Waals surface area contributed by atoms with Crippen molar-refractivity contribution in [2.75, 3.05) is 13.7 Å². The molecule has 0 spiro atoms. The number of hydrogen-bond donors (Lipinski definition) is 2. The van der Waals surface area contributed by atoms with Gasteiger partial charge in [0.05, 0.1) is 12.8 Å². The number of fused-ring (bicyclic) bond motifs is 1. The molecule has 0 bridgehead atoms. The zero-order valence-electron chi connectivity index (χ0n) is 11.6. The average Bonchev–Trinajstić information content (AvgIpc) is 2.66. The molecule has 1 aromatic rings. The van der Waals surface area contributed by atoms with E-state index in [9.17, 15) is 4.79 Å². The SMILES string of the molecule is CO/N=C/c1cccc2c1OCCC(C(=O)N=C(N)N)=C2. The van der Waals surface area contributed by atoms with Crippen LogP contribution in [0.1, 0.15) is 17.5 Å². The lowest BCUT2D eigenvalue weighted by Gasteiger charge is -2.08. The third-order valence-corrected chi connectivity index (χ3v) is 2.83. The van der Waals surface area contributed by atoms with Gasteiger partial charge in [0.1, 0.15) is 12.9 Å². The molecule has 110 valence electrons. The number of nitrogens with zero attached hydrogens (tertiary/aromatic N) is 2. The Bertz CT molecular complexity index is 631. The maximum Gasteiger partial charge on any atom is 0.276 e. The first kappa shape index (κ1) is 14.6. The van der Waals surface area contributed by atoms with Crippen molar-refractivity contribution in [1.29, 1.82) is 0 Å². The molecule has 0 radical (unpaired) electrons. The Kier molecular flexibility index (Phi) is 4.55. The smallest absolute Gasteiger partial charge is 0.276 e. The molecule has 7 heteroatoms. The number of para-hydroxylation sites is 1. The zero-order valence-corrected chi connectivity index (χ0v) is 11.6. The maximum absolute atomic E-state index is 11.9. The van der Waals surface area contributed by atoms with Gasteiger partial charge in [-0.15, -0.1) is 0 Å². The van der Waals surface area contributed by atoms with Crippen LogP contribution in [0.5, 0.6) is 5.75 Å². The fourth-order valence-corrected chi connectivity index (χ4v) is 1.95. The molecule has 1 amide bonds. The van der Waals surface area contributed by atoms with E-state index in [0.717, 1.165) is 11.1 Å². The zero-order chi connectivity index (χ0) is 15.2. The van der Waals surface area contributed by atoms with Crippen molar-refractivity contribution in [3.05, 3.63) is 34.9 Å². The van der Waals surface area contributed by atoms with E-state index in [2.05, 4.69) is 15.0 Å². The first-order valence-corrected chi connectivity index (χ1v) is 6.28. The van der Waals surface area contributed by atoms with Crippen LogP contribution in [0.3, 0.4) is 0 Å². The van der Waals surface area contributed by atoms with Gasteiger partial charge in [-0.3, -0.25) is 4.79 Å². The number of hydrogen-bond acceptors (Lipinski definition) is 4. The Labute approximate surface area is 121 Å². The lowest BCUT2D eigenvalue weighted by molar-refractivity contribution is -0.114. The predicted octanol–water partition coefficient (Wildman–Crippen LogP) is 0.633. The van der Waals surface area contributed by atoms with Gasteiger partial charge in [-0.25, -0.2) is 0 Å². The second kappa shape index (κ2) is 6.56. The fourth-order valence-electron chi connectivity index (χ4n) is 1.95. The average molecular weight is 288 g/mol. The third-order valence-electron chi connectivity index (χ3n) is 2.83. The van der Waals surface area contributed by atoms with Crippen molar-refractivity contribution in [3.8, 4) is 5.75 Å². The Morgan fingerprint density at radius 2 is 2.24 bits per heavy atom. The second-order valence-electron chi connectivity index (χ2n) is 4.29. The van der Waals surface area contributed by atoms with Crippen molar-refractivity contribution in [3.63, 3.8) is 0 Å². The molecular formula is C14H16N4O3. The van der Waals surface area contributed by atoms with E-state index in [1.807, 2.05) is 18.2 Å². The molecule has 1 aromatic carbocycles. The van der Waals surface area contributed by atoms with Gasteiger partial charge in [-0.1, -0.05) is 17.3 Å². The van der Waals surface area contributed by atoms with E-state index >= 15 is 0 Å². The maximum atomic E-state index is 11.9. The molecule has 7 nitrogen and oxygen atoms in total. The summed E-state index contributed by atoms with van der Waals surface area (Å²) in [7, 11) is 1.46. The largest absolute Gasteiger partial charge is 0.492 e. The molecule has 1 aliphatic heterocycles. The minimum Gasteiger partial charge on any atom is -0.492 e. The monoisotopic (exact) mass is 288 g/mol. The van der Waals surface area contributed by atoms with Crippen molar-refractivity contribution in [2.45, 2.75) is 6.42 Å². The first-order chi connectivity index (χ1) is 10.1. The van der Waals surface area contributed by atoms with E-state index in [1.54, 1.807) is 12.3 Å². The second-order valence-corrected chi connectivity index (χ2v) is 4.29.